The van der Waals surface area contributed by atoms with Crippen LogP contribution in [0, 0.1) is 5.92 Å². The lowest BCUT2D eigenvalue weighted by molar-refractivity contribution is -0.122. The highest BCUT2D eigenvalue weighted by atomic mass is 127. The Morgan fingerprint density at radius 3 is 2.76 bits per heavy atom. The summed E-state index contributed by atoms with van der Waals surface area (Å²) in [6, 6.07) is 7.31. The zero-order valence-corrected chi connectivity index (χ0v) is 17.5. The number of amides is 1. The molecule has 1 fully saturated rings. The maximum absolute atomic E-state index is 11.5. The van der Waals surface area contributed by atoms with E-state index in [1.54, 1.807) is 6.07 Å². The molecule has 2 rings (SSSR count). The molecule has 25 heavy (non-hydrogen) atoms. The third kappa shape index (κ3) is 9.15. The zero-order chi connectivity index (χ0) is 17.2. The fraction of sp³-hybridized carbons (Fsp3) is 0.529. The van der Waals surface area contributed by atoms with Crippen molar-refractivity contribution in [3.8, 4) is 5.75 Å². The van der Waals surface area contributed by atoms with Gasteiger partial charge in [0.2, 0.25) is 5.91 Å². The summed E-state index contributed by atoms with van der Waals surface area (Å²) >= 11 is 5.91. The Bertz CT molecular complexity index is 567. The number of hydrogen-bond donors (Lipinski definition) is 3. The van der Waals surface area contributed by atoms with Gasteiger partial charge in [-0.25, -0.2) is 0 Å². The number of carbonyl (C=O) groups excluding carboxylic acids is 1. The largest absolute Gasteiger partial charge is 0.492 e. The maximum atomic E-state index is 11.5. The first-order valence-electron chi connectivity index (χ1n) is 8.37. The predicted molar refractivity (Wildman–Crippen MR) is 112 cm³/mol. The Morgan fingerprint density at radius 2 is 2.08 bits per heavy atom. The lowest BCUT2D eigenvalue weighted by atomic mass is 10.3. The first-order chi connectivity index (χ1) is 11.7. The predicted octanol–water partition coefficient (Wildman–Crippen LogP) is 2.42. The lowest BCUT2D eigenvalue weighted by Crippen LogP contribution is -2.40. The summed E-state index contributed by atoms with van der Waals surface area (Å²) in [4.78, 5) is 16.0. The van der Waals surface area contributed by atoms with Crippen molar-refractivity contribution in [2.24, 2.45) is 10.9 Å². The van der Waals surface area contributed by atoms with E-state index < -0.39 is 0 Å². The van der Waals surface area contributed by atoms with Gasteiger partial charge in [-0.2, -0.15) is 0 Å². The fourth-order valence-electron chi connectivity index (χ4n) is 2.07. The Labute approximate surface area is 171 Å². The number of nitrogens with zero attached hydrogens (tertiary/aromatic N) is 1. The molecule has 1 amide bonds. The highest BCUT2D eigenvalue weighted by Crippen LogP contribution is 2.28. The van der Waals surface area contributed by atoms with Crippen LogP contribution < -0.4 is 20.7 Å². The van der Waals surface area contributed by atoms with Gasteiger partial charge in [-0.1, -0.05) is 17.7 Å². The number of carbonyl (C=O) groups is 1. The monoisotopic (exact) mass is 480 g/mol. The molecule has 3 N–H and O–H groups in total. The number of ether oxygens (including phenoxy) is 1. The van der Waals surface area contributed by atoms with Gasteiger partial charge in [-0.15, -0.1) is 24.0 Å². The van der Waals surface area contributed by atoms with E-state index in [0.717, 1.165) is 25.1 Å². The van der Waals surface area contributed by atoms with Gasteiger partial charge < -0.3 is 20.7 Å². The van der Waals surface area contributed by atoms with Gasteiger partial charge in [0.05, 0.1) is 13.1 Å². The number of halogens is 2. The molecule has 1 saturated carbocycles. The van der Waals surface area contributed by atoms with Crippen molar-refractivity contribution < 1.29 is 9.53 Å². The number of benzene rings is 1. The molecule has 8 heteroatoms. The molecule has 1 aromatic carbocycles. The van der Waals surface area contributed by atoms with Crippen LogP contribution in [-0.2, 0) is 4.79 Å². The molecule has 140 valence electrons. The summed E-state index contributed by atoms with van der Waals surface area (Å²) in [6.45, 7) is 5.01. The van der Waals surface area contributed by atoms with Crippen LogP contribution in [0.25, 0.3) is 0 Å². The first kappa shape index (κ1) is 21.8. The summed E-state index contributed by atoms with van der Waals surface area (Å²) in [7, 11) is 0. The second-order valence-electron chi connectivity index (χ2n) is 5.56. The molecular weight excluding hydrogens is 455 g/mol. The molecular formula is C17H26ClIN4O2. The van der Waals surface area contributed by atoms with Crippen LogP contribution in [0.5, 0.6) is 5.75 Å². The van der Waals surface area contributed by atoms with Gasteiger partial charge in [0, 0.05) is 24.0 Å². The molecule has 1 aromatic rings. The van der Waals surface area contributed by atoms with E-state index in [-0.39, 0.29) is 35.8 Å². The van der Waals surface area contributed by atoms with Crippen LogP contribution in [0.2, 0.25) is 5.02 Å². The van der Waals surface area contributed by atoms with Crippen LogP contribution in [0.15, 0.2) is 29.3 Å². The Balaban J connectivity index is 0.00000312. The molecule has 0 heterocycles. The number of guanidine groups is 1. The highest BCUT2D eigenvalue weighted by Gasteiger charge is 2.28. The molecule has 0 saturated heterocycles. The van der Waals surface area contributed by atoms with E-state index >= 15 is 0 Å². The smallest absolute Gasteiger partial charge is 0.223 e. The number of rotatable bonds is 9. The van der Waals surface area contributed by atoms with E-state index in [2.05, 4.69) is 20.9 Å². The van der Waals surface area contributed by atoms with Gasteiger partial charge in [0.1, 0.15) is 12.4 Å². The minimum Gasteiger partial charge on any atom is -0.492 e. The van der Waals surface area contributed by atoms with Crippen LogP contribution >= 0.6 is 35.6 Å². The normalized spacial score (nSPS) is 13.6. The van der Waals surface area contributed by atoms with Crippen molar-refractivity contribution in [2.75, 3.05) is 32.8 Å². The van der Waals surface area contributed by atoms with Gasteiger partial charge in [0.25, 0.3) is 0 Å². The molecule has 0 atom stereocenters. The second-order valence-corrected chi connectivity index (χ2v) is 6.00. The third-order valence-corrected chi connectivity index (χ3v) is 3.67. The van der Waals surface area contributed by atoms with Crippen LogP contribution in [0.4, 0.5) is 0 Å². The van der Waals surface area contributed by atoms with Crippen LogP contribution in [-0.4, -0.2) is 44.7 Å². The van der Waals surface area contributed by atoms with Gasteiger partial charge in [0.15, 0.2) is 5.96 Å². The average Bonchev–Trinajstić information content (AvgIpc) is 3.40. The average molecular weight is 481 g/mol. The molecule has 0 unspecified atom stereocenters. The summed E-state index contributed by atoms with van der Waals surface area (Å²) in [5, 5.41) is 9.91. The van der Waals surface area contributed by atoms with Crippen molar-refractivity contribution in [3.63, 3.8) is 0 Å². The van der Waals surface area contributed by atoms with Crippen molar-refractivity contribution in [2.45, 2.75) is 19.8 Å². The molecule has 6 nitrogen and oxygen atoms in total. The summed E-state index contributed by atoms with van der Waals surface area (Å²) < 4.78 is 5.62. The minimum atomic E-state index is 0. The van der Waals surface area contributed by atoms with Gasteiger partial charge in [-0.05, 0) is 38.0 Å². The summed E-state index contributed by atoms with van der Waals surface area (Å²) in [6.07, 6.45) is 2.04. The van der Waals surface area contributed by atoms with Crippen molar-refractivity contribution in [1.82, 2.24) is 16.0 Å². The van der Waals surface area contributed by atoms with Crippen molar-refractivity contribution >= 4 is 47.4 Å². The summed E-state index contributed by atoms with van der Waals surface area (Å²) in [5.41, 5.74) is 0. The molecule has 0 bridgehead atoms. The molecule has 0 radical (unpaired) electrons. The van der Waals surface area contributed by atoms with Crippen molar-refractivity contribution in [3.05, 3.63) is 29.3 Å². The Kier molecular flexibility index (Phi) is 10.6. The third-order valence-electron chi connectivity index (χ3n) is 3.43. The van der Waals surface area contributed by atoms with Gasteiger partial charge in [-0.3, -0.25) is 9.79 Å². The van der Waals surface area contributed by atoms with E-state index in [0.29, 0.717) is 37.2 Å². The Hall–Kier alpha value is -1.22. The number of nitrogens with one attached hydrogen (secondary N) is 3. The van der Waals surface area contributed by atoms with Crippen LogP contribution in [0.3, 0.4) is 0 Å². The van der Waals surface area contributed by atoms with E-state index in [4.69, 9.17) is 16.3 Å². The molecule has 1 aliphatic rings. The number of hydrogen-bond acceptors (Lipinski definition) is 3. The van der Waals surface area contributed by atoms with Gasteiger partial charge >= 0.3 is 0 Å². The molecule has 0 spiro atoms. The lowest BCUT2D eigenvalue weighted by Gasteiger charge is -2.12. The van der Waals surface area contributed by atoms with Crippen molar-refractivity contribution in [1.29, 1.82) is 0 Å². The van der Waals surface area contributed by atoms with E-state index in [1.807, 2.05) is 25.1 Å². The maximum Gasteiger partial charge on any atom is 0.223 e. The molecule has 1 aliphatic carbocycles. The molecule has 0 aliphatic heterocycles. The standard InChI is InChI=1S/C17H25ClN4O2.HI/c1-2-19-17(21-9-8-20-16(23)13-6-7-13)22-10-11-24-15-5-3-4-14(18)12-15;/h3-5,12-13H,2,6-11H2,1H3,(H,20,23)(H2,19,21,22);1H. The zero-order valence-electron chi connectivity index (χ0n) is 14.4. The number of aliphatic imine (C=N–C) groups is 1. The quantitative estimate of drug-likeness (QED) is 0.220. The first-order valence-corrected chi connectivity index (χ1v) is 8.75. The fourth-order valence-corrected chi connectivity index (χ4v) is 2.25. The second kappa shape index (κ2) is 12.2. The summed E-state index contributed by atoms with van der Waals surface area (Å²) in [5.74, 6) is 1.85. The van der Waals surface area contributed by atoms with Crippen LogP contribution in [0.1, 0.15) is 19.8 Å². The minimum absolute atomic E-state index is 0. The molecule has 0 aromatic heterocycles. The SMILES string of the molecule is CCNC(=NCCNC(=O)C1CC1)NCCOc1cccc(Cl)c1.I. The topological polar surface area (TPSA) is 74.8 Å². The van der Waals surface area contributed by atoms with E-state index in [9.17, 15) is 4.79 Å². The highest BCUT2D eigenvalue weighted by molar-refractivity contribution is 14.0. The Morgan fingerprint density at radius 1 is 1.28 bits per heavy atom. The van der Waals surface area contributed by atoms with E-state index in [1.165, 1.54) is 0 Å².